The molecule has 0 saturated carbocycles. The molecule has 0 radical (unpaired) electrons. The van der Waals surface area contributed by atoms with Crippen molar-refractivity contribution in [2.24, 2.45) is 0 Å². The molecule has 0 aliphatic carbocycles. The Labute approximate surface area is 150 Å². The predicted molar refractivity (Wildman–Crippen MR) is 97.6 cm³/mol. The van der Waals surface area contributed by atoms with Crippen molar-refractivity contribution in [3.05, 3.63) is 24.4 Å². The zero-order chi connectivity index (χ0) is 17.5. The number of pyridine rings is 1. The molecule has 2 fully saturated rings. The summed E-state index contributed by atoms with van der Waals surface area (Å²) in [5, 5.41) is 3.21. The molecule has 3 rings (SSSR count). The van der Waals surface area contributed by atoms with Gasteiger partial charge in [0.15, 0.2) is 0 Å². The second-order valence-corrected chi connectivity index (χ2v) is 7.04. The number of aromatic nitrogens is 1. The van der Waals surface area contributed by atoms with E-state index in [2.05, 4.69) is 27.0 Å². The van der Waals surface area contributed by atoms with Gasteiger partial charge in [0.1, 0.15) is 6.10 Å². The first kappa shape index (κ1) is 18.1. The van der Waals surface area contributed by atoms with Gasteiger partial charge in [-0.3, -0.25) is 9.69 Å². The third-order valence-corrected chi connectivity index (χ3v) is 5.23. The van der Waals surface area contributed by atoms with E-state index in [4.69, 9.17) is 4.74 Å². The van der Waals surface area contributed by atoms with E-state index in [-0.39, 0.29) is 12.0 Å². The average Bonchev–Trinajstić information content (AvgIpc) is 2.65. The maximum Gasteiger partial charge on any atom is 0.234 e. The Morgan fingerprint density at radius 3 is 2.52 bits per heavy atom. The van der Waals surface area contributed by atoms with E-state index < -0.39 is 0 Å². The molecule has 0 unspecified atom stereocenters. The lowest BCUT2D eigenvalue weighted by Crippen LogP contribution is -2.49. The Balaban J connectivity index is 1.34. The molecule has 25 heavy (non-hydrogen) atoms. The molecule has 1 N–H and O–H groups in total. The van der Waals surface area contributed by atoms with Crippen LogP contribution in [0, 0.1) is 0 Å². The minimum Gasteiger partial charge on any atom is -0.474 e. The zero-order valence-electron chi connectivity index (χ0n) is 15.2. The predicted octanol–water partition coefficient (Wildman–Crippen LogP) is 1.53. The van der Waals surface area contributed by atoms with Crippen LogP contribution in [0.15, 0.2) is 24.4 Å². The minimum absolute atomic E-state index is 0.166. The lowest BCUT2D eigenvalue weighted by molar-refractivity contribution is -0.123. The fourth-order valence-corrected chi connectivity index (χ4v) is 3.64. The molecule has 1 aromatic rings. The van der Waals surface area contributed by atoms with E-state index >= 15 is 0 Å². The molecule has 6 heteroatoms. The van der Waals surface area contributed by atoms with Crippen LogP contribution in [0.1, 0.15) is 32.6 Å². The highest BCUT2D eigenvalue weighted by atomic mass is 16.5. The number of likely N-dealkylation sites (tertiary alicyclic amines) is 2. The smallest absolute Gasteiger partial charge is 0.234 e. The Bertz CT molecular complexity index is 523. The summed E-state index contributed by atoms with van der Waals surface area (Å²) in [6, 6.07) is 6.07. The first-order chi connectivity index (χ1) is 12.2. The number of amides is 1. The second kappa shape index (κ2) is 9.15. The molecule has 138 valence electrons. The number of carbonyl (C=O) groups excluding carboxylic acids is 1. The van der Waals surface area contributed by atoms with Gasteiger partial charge in [-0.15, -0.1) is 0 Å². The molecule has 0 spiro atoms. The molecule has 0 bridgehead atoms. The Kier molecular flexibility index (Phi) is 6.64. The van der Waals surface area contributed by atoms with E-state index in [0.717, 1.165) is 58.4 Å². The van der Waals surface area contributed by atoms with Crippen LogP contribution in [-0.4, -0.2) is 72.1 Å². The van der Waals surface area contributed by atoms with E-state index in [9.17, 15) is 4.79 Å². The maximum atomic E-state index is 12.3. The number of nitrogens with zero attached hydrogens (tertiary/aromatic N) is 3. The summed E-state index contributed by atoms with van der Waals surface area (Å²) in [6.07, 6.45) is 5.98. The molecule has 2 saturated heterocycles. The van der Waals surface area contributed by atoms with Gasteiger partial charge in [0, 0.05) is 44.5 Å². The highest BCUT2D eigenvalue weighted by molar-refractivity contribution is 5.78. The minimum atomic E-state index is 0.166. The summed E-state index contributed by atoms with van der Waals surface area (Å²) >= 11 is 0. The van der Waals surface area contributed by atoms with Crippen molar-refractivity contribution in [3.63, 3.8) is 0 Å². The van der Waals surface area contributed by atoms with Gasteiger partial charge in [-0.1, -0.05) is 13.0 Å². The van der Waals surface area contributed by atoms with Crippen molar-refractivity contribution in [1.29, 1.82) is 0 Å². The van der Waals surface area contributed by atoms with Crippen LogP contribution in [0.2, 0.25) is 0 Å². The quantitative estimate of drug-likeness (QED) is 0.846. The van der Waals surface area contributed by atoms with Crippen molar-refractivity contribution in [2.75, 3.05) is 39.3 Å². The van der Waals surface area contributed by atoms with Gasteiger partial charge in [-0.2, -0.15) is 0 Å². The highest BCUT2D eigenvalue weighted by Crippen LogP contribution is 2.17. The van der Waals surface area contributed by atoms with Crippen molar-refractivity contribution in [2.45, 2.75) is 44.8 Å². The highest BCUT2D eigenvalue weighted by Gasteiger charge is 2.24. The summed E-state index contributed by atoms with van der Waals surface area (Å²) in [5.41, 5.74) is 0. The molecule has 3 heterocycles. The van der Waals surface area contributed by atoms with Crippen molar-refractivity contribution in [1.82, 2.24) is 20.1 Å². The lowest BCUT2D eigenvalue weighted by atomic mass is 10.0. The van der Waals surface area contributed by atoms with Crippen LogP contribution < -0.4 is 10.1 Å². The van der Waals surface area contributed by atoms with E-state index in [1.807, 2.05) is 18.2 Å². The largest absolute Gasteiger partial charge is 0.474 e. The topological polar surface area (TPSA) is 57.7 Å². The average molecular weight is 346 g/mol. The Morgan fingerprint density at radius 1 is 1.16 bits per heavy atom. The molecular formula is C19H30N4O2. The van der Waals surface area contributed by atoms with E-state index in [1.165, 1.54) is 0 Å². The number of hydrogen-bond acceptors (Lipinski definition) is 5. The van der Waals surface area contributed by atoms with Crippen LogP contribution in [0.3, 0.4) is 0 Å². The number of hydrogen-bond donors (Lipinski definition) is 1. The molecular weight excluding hydrogens is 316 g/mol. The van der Waals surface area contributed by atoms with E-state index in [0.29, 0.717) is 18.5 Å². The summed E-state index contributed by atoms with van der Waals surface area (Å²) in [7, 11) is 0. The number of carbonyl (C=O) groups is 1. The fourth-order valence-electron chi connectivity index (χ4n) is 3.64. The molecule has 0 aromatic carbocycles. The van der Waals surface area contributed by atoms with Gasteiger partial charge >= 0.3 is 0 Å². The van der Waals surface area contributed by atoms with Crippen LogP contribution in [-0.2, 0) is 4.79 Å². The monoisotopic (exact) mass is 346 g/mol. The lowest BCUT2D eigenvalue weighted by Gasteiger charge is -2.33. The van der Waals surface area contributed by atoms with Crippen LogP contribution >= 0.6 is 0 Å². The zero-order valence-corrected chi connectivity index (χ0v) is 15.2. The van der Waals surface area contributed by atoms with Gasteiger partial charge in [0.2, 0.25) is 11.8 Å². The molecule has 6 nitrogen and oxygen atoms in total. The number of piperidine rings is 2. The number of nitrogens with one attached hydrogen (secondary N) is 1. The van der Waals surface area contributed by atoms with Crippen molar-refractivity contribution >= 4 is 5.91 Å². The molecule has 2 aliphatic rings. The fraction of sp³-hybridized carbons (Fsp3) is 0.684. The first-order valence-electron chi connectivity index (χ1n) is 9.54. The SMILES string of the molecule is CCN1CCC(NC(=O)CN2CCC(Oc3ccccn3)CC2)CC1. The summed E-state index contributed by atoms with van der Waals surface area (Å²) in [5.74, 6) is 0.858. The summed E-state index contributed by atoms with van der Waals surface area (Å²) in [4.78, 5) is 21.2. The summed E-state index contributed by atoms with van der Waals surface area (Å²) < 4.78 is 5.91. The maximum absolute atomic E-state index is 12.3. The Hall–Kier alpha value is -1.66. The van der Waals surface area contributed by atoms with Crippen LogP contribution in [0.5, 0.6) is 5.88 Å². The second-order valence-electron chi connectivity index (χ2n) is 7.04. The molecule has 2 aliphatic heterocycles. The standard InChI is InChI=1S/C19H30N4O2/c1-2-22-11-6-16(7-12-22)21-18(24)15-23-13-8-17(9-14-23)25-19-5-3-4-10-20-19/h3-5,10,16-17H,2,6-9,11-15H2,1H3,(H,21,24). The van der Waals surface area contributed by atoms with Gasteiger partial charge in [0.05, 0.1) is 6.54 Å². The van der Waals surface area contributed by atoms with Crippen LogP contribution in [0.4, 0.5) is 0 Å². The van der Waals surface area contributed by atoms with Gasteiger partial charge < -0.3 is 15.0 Å². The van der Waals surface area contributed by atoms with Crippen molar-refractivity contribution < 1.29 is 9.53 Å². The van der Waals surface area contributed by atoms with Gasteiger partial charge in [-0.05, 0) is 38.3 Å². The third kappa shape index (κ3) is 5.68. The molecule has 0 atom stereocenters. The third-order valence-electron chi connectivity index (χ3n) is 5.23. The summed E-state index contributed by atoms with van der Waals surface area (Å²) in [6.45, 7) is 7.80. The van der Waals surface area contributed by atoms with Crippen LogP contribution in [0.25, 0.3) is 0 Å². The molecule has 1 aromatic heterocycles. The number of rotatable bonds is 6. The number of ether oxygens (including phenoxy) is 1. The van der Waals surface area contributed by atoms with Gasteiger partial charge in [-0.25, -0.2) is 4.98 Å². The first-order valence-corrected chi connectivity index (χ1v) is 9.54. The normalized spacial score (nSPS) is 21.2. The molecule has 1 amide bonds. The van der Waals surface area contributed by atoms with E-state index in [1.54, 1.807) is 6.20 Å². The van der Waals surface area contributed by atoms with Gasteiger partial charge in [0.25, 0.3) is 0 Å². The Morgan fingerprint density at radius 2 is 1.88 bits per heavy atom. The van der Waals surface area contributed by atoms with Crippen molar-refractivity contribution in [3.8, 4) is 5.88 Å².